The monoisotopic (exact) mass is 211 g/mol. The van der Waals surface area contributed by atoms with E-state index in [1.807, 2.05) is 17.5 Å². The number of benzene rings is 1. The van der Waals surface area contributed by atoms with Gasteiger partial charge in [-0.2, -0.15) is 4.37 Å². The normalized spacial score (nSPS) is 9.92. The predicted octanol–water partition coefficient (Wildman–Crippen LogP) is 3.59. The molecule has 1 aromatic carbocycles. The maximum Gasteiger partial charge on any atom is 0.158 e. The topological polar surface area (TPSA) is 22.1 Å². The Morgan fingerprint density at radius 2 is 2.23 bits per heavy atom. The molecular weight excluding hydrogens is 206 g/mol. The van der Waals surface area contributed by atoms with E-state index in [9.17, 15) is 0 Å². The minimum Gasteiger partial charge on any atom is -0.455 e. The van der Waals surface area contributed by atoms with Crippen LogP contribution in [0.5, 0.6) is 11.5 Å². The first kappa shape index (κ1) is 8.53. The van der Waals surface area contributed by atoms with Crippen LogP contribution in [0.15, 0.2) is 35.8 Å². The molecule has 0 saturated heterocycles. The van der Waals surface area contributed by atoms with Gasteiger partial charge in [-0.15, -0.1) is 0 Å². The lowest BCUT2D eigenvalue weighted by Crippen LogP contribution is -1.80. The molecule has 0 atom stereocenters. The van der Waals surface area contributed by atoms with Gasteiger partial charge < -0.3 is 4.74 Å². The highest BCUT2D eigenvalue weighted by Gasteiger charge is 1.97. The Morgan fingerprint density at radius 3 is 2.92 bits per heavy atom. The van der Waals surface area contributed by atoms with E-state index in [4.69, 9.17) is 16.3 Å². The Kier molecular flexibility index (Phi) is 2.47. The Balaban J connectivity index is 2.19. The summed E-state index contributed by atoms with van der Waals surface area (Å²) in [6.07, 6.45) is 1.67. The van der Waals surface area contributed by atoms with Crippen LogP contribution >= 0.6 is 23.1 Å². The lowest BCUT2D eigenvalue weighted by Gasteiger charge is -2.01. The van der Waals surface area contributed by atoms with Crippen molar-refractivity contribution >= 4 is 23.1 Å². The first-order valence-corrected chi connectivity index (χ1v) is 4.89. The molecule has 0 N–H and O–H groups in total. The zero-order valence-electron chi connectivity index (χ0n) is 6.61. The molecule has 2 nitrogen and oxygen atoms in total. The van der Waals surface area contributed by atoms with Crippen LogP contribution in [-0.2, 0) is 0 Å². The largest absolute Gasteiger partial charge is 0.455 e. The number of nitrogens with zero attached hydrogens (tertiary/aromatic N) is 1. The third-order valence-corrected chi connectivity index (χ3v) is 2.24. The van der Waals surface area contributed by atoms with Gasteiger partial charge in [0.1, 0.15) is 5.75 Å². The molecule has 1 heterocycles. The van der Waals surface area contributed by atoms with Gasteiger partial charge in [0.15, 0.2) is 5.75 Å². The van der Waals surface area contributed by atoms with Crippen LogP contribution in [0.2, 0.25) is 5.02 Å². The SMILES string of the molecule is Clc1cccc(Oc2cnsc2)c1. The van der Waals surface area contributed by atoms with Gasteiger partial charge in [0.2, 0.25) is 0 Å². The average molecular weight is 212 g/mol. The number of rotatable bonds is 2. The van der Waals surface area contributed by atoms with E-state index in [1.165, 1.54) is 11.5 Å². The maximum absolute atomic E-state index is 5.79. The molecule has 0 saturated carbocycles. The summed E-state index contributed by atoms with van der Waals surface area (Å²) in [5.41, 5.74) is 0. The highest BCUT2D eigenvalue weighted by atomic mass is 35.5. The fraction of sp³-hybridized carbons (Fsp3) is 0. The van der Waals surface area contributed by atoms with E-state index >= 15 is 0 Å². The Hall–Kier alpha value is -1.06. The van der Waals surface area contributed by atoms with Gasteiger partial charge in [-0.05, 0) is 29.7 Å². The van der Waals surface area contributed by atoms with Gasteiger partial charge in [-0.1, -0.05) is 17.7 Å². The molecule has 0 amide bonds. The van der Waals surface area contributed by atoms with Gasteiger partial charge in [0.05, 0.1) is 11.6 Å². The fourth-order valence-corrected chi connectivity index (χ4v) is 1.53. The molecule has 2 aromatic rings. The summed E-state index contributed by atoms with van der Waals surface area (Å²) < 4.78 is 9.39. The zero-order valence-corrected chi connectivity index (χ0v) is 8.18. The molecule has 0 fully saturated rings. The molecule has 0 bridgehead atoms. The molecular formula is C9H6ClNOS. The summed E-state index contributed by atoms with van der Waals surface area (Å²) in [5.74, 6) is 1.47. The number of halogens is 1. The van der Waals surface area contributed by atoms with Crippen molar-refractivity contribution in [1.82, 2.24) is 4.37 Å². The number of hydrogen-bond acceptors (Lipinski definition) is 3. The van der Waals surface area contributed by atoms with E-state index in [-0.39, 0.29) is 0 Å². The standard InChI is InChI=1S/C9H6ClNOS/c10-7-2-1-3-8(4-7)12-9-5-11-13-6-9/h1-6H. The van der Waals surface area contributed by atoms with Crippen molar-refractivity contribution in [3.63, 3.8) is 0 Å². The van der Waals surface area contributed by atoms with Crippen molar-refractivity contribution in [3.05, 3.63) is 40.9 Å². The van der Waals surface area contributed by atoms with Gasteiger partial charge in [0.25, 0.3) is 0 Å². The van der Waals surface area contributed by atoms with E-state index < -0.39 is 0 Å². The van der Waals surface area contributed by atoms with E-state index in [0.29, 0.717) is 5.02 Å². The lowest BCUT2D eigenvalue weighted by atomic mass is 10.3. The summed E-state index contributed by atoms with van der Waals surface area (Å²) in [6.45, 7) is 0. The lowest BCUT2D eigenvalue weighted by molar-refractivity contribution is 0.484. The van der Waals surface area contributed by atoms with Crippen molar-refractivity contribution in [2.75, 3.05) is 0 Å². The molecule has 4 heteroatoms. The van der Waals surface area contributed by atoms with Gasteiger partial charge >= 0.3 is 0 Å². The van der Waals surface area contributed by atoms with E-state index in [1.54, 1.807) is 18.3 Å². The van der Waals surface area contributed by atoms with Gasteiger partial charge in [-0.25, -0.2) is 0 Å². The highest BCUT2D eigenvalue weighted by molar-refractivity contribution is 7.03. The molecule has 0 aliphatic carbocycles. The molecule has 0 unspecified atom stereocenters. The Labute approximate surface area is 84.9 Å². The van der Waals surface area contributed by atoms with Crippen LogP contribution in [0.4, 0.5) is 0 Å². The first-order chi connectivity index (χ1) is 6.34. The molecule has 0 aliphatic heterocycles. The third-order valence-electron chi connectivity index (χ3n) is 1.44. The second-order valence-corrected chi connectivity index (χ2v) is 3.51. The van der Waals surface area contributed by atoms with Crippen molar-refractivity contribution in [3.8, 4) is 11.5 Å². The van der Waals surface area contributed by atoms with E-state index in [0.717, 1.165) is 11.5 Å². The van der Waals surface area contributed by atoms with Gasteiger partial charge in [0, 0.05) is 5.02 Å². The molecule has 0 spiro atoms. The molecule has 0 radical (unpaired) electrons. The molecule has 1 aromatic heterocycles. The molecule has 66 valence electrons. The second kappa shape index (κ2) is 3.77. The van der Waals surface area contributed by atoms with Crippen LogP contribution in [0.25, 0.3) is 0 Å². The van der Waals surface area contributed by atoms with Crippen LogP contribution in [0, 0.1) is 0 Å². The van der Waals surface area contributed by atoms with Crippen LogP contribution in [0.1, 0.15) is 0 Å². The van der Waals surface area contributed by atoms with Crippen molar-refractivity contribution in [2.45, 2.75) is 0 Å². The Bertz CT molecular complexity index is 388. The van der Waals surface area contributed by atoms with Crippen molar-refractivity contribution in [1.29, 1.82) is 0 Å². The highest BCUT2D eigenvalue weighted by Crippen LogP contribution is 2.24. The minimum atomic E-state index is 0.667. The third kappa shape index (κ3) is 2.20. The van der Waals surface area contributed by atoms with Crippen molar-refractivity contribution < 1.29 is 4.74 Å². The summed E-state index contributed by atoms with van der Waals surface area (Å²) in [7, 11) is 0. The summed E-state index contributed by atoms with van der Waals surface area (Å²) in [5, 5.41) is 2.50. The molecule has 2 rings (SSSR count). The zero-order chi connectivity index (χ0) is 9.10. The summed E-state index contributed by atoms with van der Waals surface area (Å²) in [4.78, 5) is 0. The molecule has 13 heavy (non-hydrogen) atoms. The van der Waals surface area contributed by atoms with E-state index in [2.05, 4.69) is 4.37 Å². The van der Waals surface area contributed by atoms with Crippen LogP contribution in [-0.4, -0.2) is 4.37 Å². The fourth-order valence-electron chi connectivity index (χ4n) is 0.912. The van der Waals surface area contributed by atoms with Crippen LogP contribution in [0.3, 0.4) is 0 Å². The average Bonchev–Trinajstić information content (AvgIpc) is 2.57. The second-order valence-electron chi connectivity index (χ2n) is 2.42. The smallest absolute Gasteiger partial charge is 0.158 e. The van der Waals surface area contributed by atoms with Gasteiger partial charge in [-0.3, -0.25) is 0 Å². The molecule has 0 aliphatic rings. The Morgan fingerprint density at radius 1 is 1.31 bits per heavy atom. The quantitative estimate of drug-likeness (QED) is 0.758. The minimum absolute atomic E-state index is 0.667. The number of hydrogen-bond donors (Lipinski definition) is 0. The number of ether oxygens (including phenoxy) is 1. The summed E-state index contributed by atoms with van der Waals surface area (Å²) >= 11 is 7.15. The first-order valence-electron chi connectivity index (χ1n) is 3.67. The number of aromatic nitrogens is 1. The maximum atomic E-state index is 5.79. The van der Waals surface area contributed by atoms with Crippen molar-refractivity contribution in [2.24, 2.45) is 0 Å². The predicted molar refractivity (Wildman–Crippen MR) is 53.6 cm³/mol. The summed E-state index contributed by atoms with van der Waals surface area (Å²) in [6, 6.07) is 7.26. The van der Waals surface area contributed by atoms with Crippen LogP contribution < -0.4 is 4.74 Å².